The molecule has 3 aromatic heterocycles. The molecule has 0 N–H and O–H groups in total. The standard InChI is InChI=1S/C22H22N4S3/c1-2-15-5-7-16(8-6-15)21-23-17(13-28-21)14-29-22-25-24-20(26(22)18-9-10-18)12-19-4-3-11-27-19/h3-8,11,13,18H,2,9-10,12,14H2,1H3. The predicted octanol–water partition coefficient (Wildman–Crippen LogP) is 6.24. The number of benzene rings is 1. The molecule has 1 saturated carbocycles. The first-order valence-electron chi connectivity index (χ1n) is 9.93. The van der Waals surface area contributed by atoms with Crippen molar-refractivity contribution >= 4 is 34.4 Å². The molecule has 0 saturated heterocycles. The molecule has 4 nitrogen and oxygen atoms in total. The molecule has 0 amide bonds. The van der Waals surface area contributed by atoms with Crippen LogP contribution in [0.15, 0.2) is 52.3 Å². The zero-order chi connectivity index (χ0) is 19.6. The van der Waals surface area contributed by atoms with Gasteiger partial charge in [0, 0.05) is 34.0 Å². The summed E-state index contributed by atoms with van der Waals surface area (Å²) in [7, 11) is 0. The maximum atomic E-state index is 4.85. The molecule has 1 aliphatic carbocycles. The molecule has 0 spiro atoms. The Labute approximate surface area is 183 Å². The SMILES string of the molecule is CCc1ccc(-c2nc(CSc3nnc(Cc4cccs4)n3C3CC3)cs2)cc1. The lowest BCUT2D eigenvalue weighted by molar-refractivity contribution is 0.635. The van der Waals surface area contributed by atoms with Crippen LogP contribution in [-0.2, 0) is 18.6 Å². The number of thioether (sulfide) groups is 1. The molecule has 0 unspecified atom stereocenters. The van der Waals surface area contributed by atoms with Gasteiger partial charge in [-0.25, -0.2) is 4.98 Å². The van der Waals surface area contributed by atoms with E-state index in [-0.39, 0.29) is 0 Å². The quantitative estimate of drug-likeness (QED) is 0.305. The van der Waals surface area contributed by atoms with Gasteiger partial charge in [-0.3, -0.25) is 0 Å². The van der Waals surface area contributed by atoms with Crippen LogP contribution in [0.4, 0.5) is 0 Å². The first-order chi connectivity index (χ1) is 14.3. The van der Waals surface area contributed by atoms with Gasteiger partial charge in [-0.15, -0.1) is 32.9 Å². The van der Waals surface area contributed by atoms with Gasteiger partial charge in [0.2, 0.25) is 0 Å². The lowest BCUT2D eigenvalue weighted by Crippen LogP contribution is -2.03. The number of aromatic nitrogens is 4. The van der Waals surface area contributed by atoms with Crippen LogP contribution in [0.25, 0.3) is 10.6 Å². The maximum absolute atomic E-state index is 4.85. The molecular formula is C22H22N4S3. The summed E-state index contributed by atoms with van der Waals surface area (Å²) >= 11 is 5.25. The van der Waals surface area contributed by atoms with Crippen LogP contribution < -0.4 is 0 Å². The number of thiazole rings is 1. The average Bonchev–Trinajstić information content (AvgIpc) is 3.13. The zero-order valence-corrected chi connectivity index (χ0v) is 18.7. The summed E-state index contributed by atoms with van der Waals surface area (Å²) in [6.45, 7) is 2.18. The molecule has 29 heavy (non-hydrogen) atoms. The van der Waals surface area contributed by atoms with E-state index in [2.05, 4.69) is 68.8 Å². The van der Waals surface area contributed by atoms with E-state index < -0.39 is 0 Å². The minimum Gasteiger partial charge on any atom is -0.303 e. The van der Waals surface area contributed by atoms with Crippen LogP contribution in [0.3, 0.4) is 0 Å². The van der Waals surface area contributed by atoms with Crippen LogP contribution >= 0.6 is 34.4 Å². The van der Waals surface area contributed by atoms with Crippen LogP contribution in [0.1, 0.15) is 47.8 Å². The van der Waals surface area contributed by atoms with E-state index in [1.165, 1.54) is 28.8 Å². The van der Waals surface area contributed by atoms with Gasteiger partial charge in [0.1, 0.15) is 10.8 Å². The van der Waals surface area contributed by atoms with Crippen molar-refractivity contribution < 1.29 is 0 Å². The van der Waals surface area contributed by atoms with Gasteiger partial charge in [0.25, 0.3) is 0 Å². The van der Waals surface area contributed by atoms with Crippen molar-refractivity contribution in [2.75, 3.05) is 0 Å². The van der Waals surface area contributed by atoms with Gasteiger partial charge in [0.15, 0.2) is 5.16 Å². The van der Waals surface area contributed by atoms with E-state index in [9.17, 15) is 0 Å². The normalized spacial score (nSPS) is 13.8. The molecule has 0 atom stereocenters. The average molecular weight is 439 g/mol. The lowest BCUT2D eigenvalue weighted by atomic mass is 10.1. The summed E-state index contributed by atoms with van der Waals surface area (Å²) in [6.07, 6.45) is 4.40. The van der Waals surface area contributed by atoms with E-state index in [4.69, 9.17) is 4.98 Å². The van der Waals surface area contributed by atoms with E-state index >= 15 is 0 Å². The van der Waals surface area contributed by atoms with E-state index in [1.54, 1.807) is 34.4 Å². The van der Waals surface area contributed by atoms with Gasteiger partial charge >= 0.3 is 0 Å². The number of rotatable bonds is 8. The highest BCUT2D eigenvalue weighted by molar-refractivity contribution is 7.98. The Bertz CT molecular complexity index is 1080. The Morgan fingerprint density at radius 1 is 1.10 bits per heavy atom. The third-order valence-electron chi connectivity index (χ3n) is 5.07. The summed E-state index contributed by atoms with van der Waals surface area (Å²) in [5.74, 6) is 1.92. The maximum Gasteiger partial charge on any atom is 0.191 e. The Kier molecular flexibility index (Phi) is 5.52. The van der Waals surface area contributed by atoms with E-state index in [0.29, 0.717) is 6.04 Å². The molecule has 0 aliphatic heterocycles. The Balaban J connectivity index is 1.29. The highest BCUT2D eigenvalue weighted by Gasteiger charge is 2.29. The molecule has 5 rings (SSSR count). The second kappa shape index (κ2) is 8.42. The molecule has 148 valence electrons. The topological polar surface area (TPSA) is 43.6 Å². The van der Waals surface area contributed by atoms with Gasteiger partial charge in [-0.05, 0) is 36.3 Å². The first kappa shape index (κ1) is 19.0. The van der Waals surface area contributed by atoms with Crippen molar-refractivity contribution in [1.29, 1.82) is 0 Å². The van der Waals surface area contributed by atoms with Gasteiger partial charge in [-0.1, -0.05) is 49.0 Å². The van der Waals surface area contributed by atoms with E-state index in [1.807, 2.05) is 0 Å². The molecule has 4 aromatic rings. The van der Waals surface area contributed by atoms with Crippen molar-refractivity contribution in [2.24, 2.45) is 0 Å². The minimum absolute atomic E-state index is 0.575. The van der Waals surface area contributed by atoms with Crippen molar-refractivity contribution in [3.05, 3.63) is 69.1 Å². The fraction of sp³-hybridized carbons (Fsp3) is 0.318. The molecule has 0 bridgehead atoms. The molecule has 0 radical (unpaired) electrons. The fourth-order valence-electron chi connectivity index (χ4n) is 3.32. The van der Waals surface area contributed by atoms with E-state index in [0.717, 1.165) is 40.3 Å². The smallest absolute Gasteiger partial charge is 0.191 e. The first-order valence-corrected chi connectivity index (χ1v) is 12.7. The molecule has 1 fully saturated rings. The second-order valence-electron chi connectivity index (χ2n) is 7.24. The number of aryl methyl sites for hydroxylation is 1. The lowest BCUT2D eigenvalue weighted by Gasteiger charge is -2.07. The Morgan fingerprint density at radius 3 is 2.69 bits per heavy atom. The summed E-state index contributed by atoms with van der Waals surface area (Å²) in [6, 6.07) is 13.6. The molecule has 7 heteroatoms. The van der Waals surface area contributed by atoms with Crippen LogP contribution in [-0.4, -0.2) is 19.7 Å². The fourth-order valence-corrected chi connectivity index (χ4v) is 5.87. The number of hydrogen-bond acceptors (Lipinski definition) is 6. The summed E-state index contributed by atoms with van der Waals surface area (Å²) in [5, 5.41) is 15.4. The Morgan fingerprint density at radius 2 is 1.97 bits per heavy atom. The minimum atomic E-state index is 0.575. The second-order valence-corrected chi connectivity index (χ2v) is 10.1. The van der Waals surface area contributed by atoms with Crippen molar-refractivity contribution in [3.63, 3.8) is 0 Å². The third-order valence-corrected chi connectivity index (χ3v) is 7.86. The third kappa shape index (κ3) is 4.32. The summed E-state index contributed by atoms with van der Waals surface area (Å²) in [5.41, 5.74) is 3.67. The summed E-state index contributed by atoms with van der Waals surface area (Å²) in [4.78, 5) is 6.19. The highest BCUT2D eigenvalue weighted by atomic mass is 32.2. The van der Waals surface area contributed by atoms with Gasteiger partial charge in [0.05, 0.1) is 5.69 Å². The predicted molar refractivity (Wildman–Crippen MR) is 122 cm³/mol. The summed E-state index contributed by atoms with van der Waals surface area (Å²) < 4.78 is 2.36. The zero-order valence-electron chi connectivity index (χ0n) is 16.2. The van der Waals surface area contributed by atoms with Crippen LogP contribution in [0.2, 0.25) is 0 Å². The monoisotopic (exact) mass is 438 g/mol. The van der Waals surface area contributed by atoms with Crippen molar-refractivity contribution in [2.45, 2.75) is 49.6 Å². The van der Waals surface area contributed by atoms with Crippen molar-refractivity contribution in [3.8, 4) is 10.6 Å². The van der Waals surface area contributed by atoms with Crippen LogP contribution in [0.5, 0.6) is 0 Å². The highest BCUT2D eigenvalue weighted by Crippen LogP contribution is 2.40. The molecule has 1 aromatic carbocycles. The Hall–Kier alpha value is -1.96. The number of thiophene rings is 1. The van der Waals surface area contributed by atoms with Crippen LogP contribution in [0, 0.1) is 0 Å². The van der Waals surface area contributed by atoms with Gasteiger partial charge in [-0.2, -0.15) is 0 Å². The largest absolute Gasteiger partial charge is 0.303 e. The molecule has 3 heterocycles. The molecule has 1 aliphatic rings. The number of nitrogens with zero attached hydrogens (tertiary/aromatic N) is 4. The number of hydrogen-bond donors (Lipinski definition) is 0. The van der Waals surface area contributed by atoms with Gasteiger partial charge < -0.3 is 4.57 Å². The molecular weight excluding hydrogens is 416 g/mol. The van der Waals surface area contributed by atoms with Crippen molar-refractivity contribution in [1.82, 2.24) is 19.7 Å².